The second kappa shape index (κ2) is 9.61. The zero-order valence-electron chi connectivity index (χ0n) is 15.5. The Morgan fingerprint density at radius 3 is 2.27 bits per heavy atom. The first-order valence-electron chi connectivity index (χ1n) is 8.81. The van der Waals surface area contributed by atoms with Crippen molar-refractivity contribution in [3.8, 4) is 5.75 Å². The van der Waals surface area contributed by atoms with Crippen LogP contribution in [0, 0.1) is 6.92 Å². The Kier molecular flexibility index (Phi) is 7.21. The van der Waals surface area contributed by atoms with Crippen LogP contribution in [0.3, 0.4) is 0 Å². The largest absolute Gasteiger partial charge is 0.497 e. The van der Waals surface area contributed by atoms with Crippen LogP contribution in [-0.2, 0) is 4.79 Å². The molecule has 0 unspecified atom stereocenters. The summed E-state index contributed by atoms with van der Waals surface area (Å²) in [6.07, 6.45) is 1.27. The second-order valence-corrected chi connectivity index (χ2v) is 6.22. The van der Waals surface area contributed by atoms with E-state index in [-0.39, 0.29) is 17.9 Å². The van der Waals surface area contributed by atoms with Gasteiger partial charge in [-0.05, 0) is 43.2 Å². The summed E-state index contributed by atoms with van der Waals surface area (Å²) in [5.41, 5.74) is 2.64. The molecule has 0 aliphatic heterocycles. The number of benzene rings is 2. The number of hydrogen-bond donors (Lipinski definition) is 2. The van der Waals surface area contributed by atoms with Crippen molar-refractivity contribution in [2.24, 2.45) is 0 Å². The summed E-state index contributed by atoms with van der Waals surface area (Å²) in [6, 6.07) is 14.6. The molecule has 0 heterocycles. The number of ether oxygens (including phenoxy) is 1. The lowest BCUT2D eigenvalue weighted by Gasteiger charge is -2.20. The summed E-state index contributed by atoms with van der Waals surface area (Å²) in [6.45, 7) is 4.32. The molecule has 1 atom stereocenters. The third-order valence-electron chi connectivity index (χ3n) is 4.12. The van der Waals surface area contributed by atoms with E-state index in [1.165, 1.54) is 0 Å². The van der Waals surface area contributed by atoms with Crippen molar-refractivity contribution < 1.29 is 14.3 Å². The molecule has 0 saturated heterocycles. The molecule has 0 aliphatic carbocycles. The first-order chi connectivity index (χ1) is 12.5. The van der Waals surface area contributed by atoms with Gasteiger partial charge < -0.3 is 15.4 Å². The van der Waals surface area contributed by atoms with Gasteiger partial charge in [-0.25, -0.2) is 0 Å². The minimum absolute atomic E-state index is 0.0108. The molecule has 5 nitrogen and oxygen atoms in total. The van der Waals surface area contributed by atoms with Crippen LogP contribution in [0.25, 0.3) is 0 Å². The maximum absolute atomic E-state index is 12.6. The number of hydrogen-bond acceptors (Lipinski definition) is 3. The smallest absolute Gasteiger partial charge is 0.251 e. The third-order valence-corrected chi connectivity index (χ3v) is 4.12. The van der Waals surface area contributed by atoms with Crippen molar-refractivity contribution in [3.05, 3.63) is 65.2 Å². The van der Waals surface area contributed by atoms with Crippen LogP contribution >= 0.6 is 0 Å². The molecule has 5 heteroatoms. The van der Waals surface area contributed by atoms with Gasteiger partial charge in [-0.3, -0.25) is 9.59 Å². The van der Waals surface area contributed by atoms with Crippen molar-refractivity contribution in [1.29, 1.82) is 0 Å². The average molecular weight is 354 g/mol. The normalized spacial score (nSPS) is 11.5. The van der Waals surface area contributed by atoms with E-state index in [2.05, 4.69) is 10.6 Å². The highest BCUT2D eigenvalue weighted by Gasteiger charge is 2.17. The molecule has 0 saturated carbocycles. The first-order valence-corrected chi connectivity index (χ1v) is 8.81. The average Bonchev–Trinajstić information content (AvgIpc) is 2.66. The van der Waals surface area contributed by atoms with E-state index >= 15 is 0 Å². The standard InChI is InChI=1S/C21H26N2O3/c1-4-5-20(24)22-14-19(16-8-6-15(2)7-9-16)23-21(25)17-10-12-18(26-3)13-11-17/h6-13,19H,4-5,14H2,1-3H3,(H,22,24)(H,23,25)/t19-/m1/s1. The quantitative estimate of drug-likeness (QED) is 0.763. The summed E-state index contributed by atoms with van der Waals surface area (Å²) < 4.78 is 5.12. The predicted molar refractivity (Wildman–Crippen MR) is 102 cm³/mol. The molecule has 0 radical (unpaired) electrons. The van der Waals surface area contributed by atoms with Gasteiger partial charge in [-0.2, -0.15) is 0 Å². The molecule has 2 N–H and O–H groups in total. The lowest BCUT2D eigenvalue weighted by atomic mass is 10.0. The molecule has 138 valence electrons. The number of rotatable bonds is 8. The topological polar surface area (TPSA) is 67.4 Å². The van der Waals surface area contributed by atoms with Gasteiger partial charge in [0.1, 0.15) is 5.75 Å². The number of carbonyl (C=O) groups is 2. The molecule has 0 fully saturated rings. The van der Waals surface area contributed by atoms with E-state index in [0.29, 0.717) is 24.3 Å². The predicted octanol–water partition coefficient (Wildman–Crippen LogP) is 3.39. The maximum Gasteiger partial charge on any atom is 0.251 e. The highest BCUT2D eigenvalue weighted by atomic mass is 16.5. The molecule has 2 amide bonds. The lowest BCUT2D eigenvalue weighted by Crippen LogP contribution is -2.37. The number of carbonyl (C=O) groups excluding carboxylic acids is 2. The minimum Gasteiger partial charge on any atom is -0.497 e. The van der Waals surface area contributed by atoms with Gasteiger partial charge in [0.25, 0.3) is 5.91 Å². The Hall–Kier alpha value is -2.82. The molecule has 2 aromatic rings. The Balaban J connectivity index is 2.12. The Bertz CT molecular complexity index is 724. The molecular formula is C21H26N2O3. The van der Waals surface area contributed by atoms with Crippen LogP contribution in [0.2, 0.25) is 0 Å². The van der Waals surface area contributed by atoms with Gasteiger partial charge in [0.05, 0.1) is 13.2 Å². The molecular weight excluding hydrogens is 328 g/mol. The Morgan fingerprint density at radius 1 is 1.04 bits per heavy atom. The van der Waals surface area contributed by atoms with Crippen LogP contribution in [-0.4, -0.2) is 25.5 Å². The van der Waals surface area contributed by atoms with E-state index in [4.69, 9.17) is 4.74 Å². The zero-order valence-corrected chi connectivity index (χ0v) is 15.5. The molecule has 2 aromatic carbocycles. The zero-order chi connectivity index (χ0) is 18.9. The van der Waals surface area contributed by atoms with Crippen molar-refractivity contribution in [3.63, 3.8) is 0 Å². The lowest BCUT2D eigenvalue weighted by molar-refractivity contribution is -0.121. The third kappa shape index (κ3) is 5.62. The van der Waals surface area contributed by atoms with Crippen LogP contribution in [0.15, 0.2) is 48.5 Å². The van der Waals surface area contributed by atoms with E-state index in [1.807, 2.05) is 38.1 Å². The summed E-state index contributed by atoms with van der Waals surface area (Å²) in [5.74, 6) is 0.495. The SMILES string of the molecule is CCCC(=O)NC[C@@H](NC(=O)c1ccc(OC)cc1)c1ccc(C)cc1. The van der Waals surface area contributed by atoms with E-state index in [1.54, 1.807) is 31.4 Å². The van der Waals surface area contributed by atoms with Crippen LogP contribution in [0.4, 0.5) is 0 Å². The van der Waals surface area contributed by atoms with Crippen molar-refractivity contribution in [1.82, 2.24) is 10.6 Å². The van der Waals surface area contributed by atoms with Crippen LogP contribution < -0.4 is 15.4 Å². The van der Waals surface area contributed by atoms with Gasteiger partial charge in [0.15, 0.2) is 0 Å². The summed E-state index contributed by atoms with van der Waals surface area (Å²) in [7, 11) is 1.58. The van der Waals surface area contributed by atoms with Crippen molar-refractivity contribution >= 4 is 11.8 Å². The fraction of sp³-hybridized carbons (Fsp3) is 0.333. The van der Waals surface area contributed by atoms with Gasteiger partial charge in [0, 0.05) is 18.5 Å². The van der Waals surface area contributed by atoms with Gasteiger partial charge in [-0.15, -0.1) is 0 Å². The van der Waals surface area contributed by atoms with Crippen molar-refractivity contribution in [2.45, 2.75) is 32.7 Å². The molecule has 2 rings (SSSR count). The van der Waals surface area contributed by atoms with Crippen LogP contribution in [0.1, 0.15) is 47.3 Å². The summed E-state index contributed by atoms with van der Waals surface area (Å²) in [5, 5.41) is 5.91. The molecule has 26 heavy (non-hydrogen) atoms. The maximum atomic E-state index is 12.6. The highest BCUT2D eigenvalue weighted by molar-refractivity contribution is 5.94. The number of nitrogens with one attached hydrogen (secondary N) is 2. The minimum atomic E-state index is -0.300. The van der Waals surface area contributed by atoms with Crippen LogP contribution in [0.5, 0.6) is 5.75 Å². The molecule has 0 spiro atoms. The second-order valence-electron chi connectivity index (χ2n) is 6.22. The monoisotopic (exact) mass is 354 g/mol. The van der Waals surface area contributed by atoms with Gasteiger partial charge in [-0.1, -0.05) is 36.8 Å². The molecule has 0 aromatic heterocycles. The number of methoxy groups -OCH3 is 1. The fourth-order valence-electron chi connectivity index (χ4n) is 2.57. The summed E-state index contributed by atoms with van der Waals surface area (Å²) in [4.78, 5) is 24.4. The van der Waals surface area contributed by atoms with E-state index < -0.39 is 0 Å². The molecule has 0 bridgehead atoms. The first kappa shape index (κ1) is 19.5. The summed E-state index contributed by atoms with van der Waals surface area (Å²) >= 11 is 0. The number of amides is 2. The van der Waals surface area contributed by atoms with Gasteiger partial charge in [0.2, 0.25) is 5.91 Å². The highest BCUT2D eigenvalue weighted by Crippen LogP contribution is 2.16. The fourth-order valence-corrected chi connectivity index (χ4v) is 2.57. The number of aryl methyl sites for hydroxylation is 1. The van der Waals surface area contributed by atoms with Crippen molar-refractivity contribution in [2.75, 3.05) is 13.7 Å². The molecule has 0 aliphatic rings. The van der Waals surface area contributed by atoms with E-state index in [0.717, 1.165) is 17.5 Å². The van der Waals surface area contributed by atoms with Gasteiger partial charge >= 0.3 is 0 Å². The Labute approximate surface area is 154 Å². The van der Waals surface area contributed by atoms with E-state index in [9.17, 15) is 9.59 Å². The Morgan fingerprint density at radius 2 is 1.69 bits per heavy atom.